The van der Waals surface area contributed by atoms with E-state index < -0.39 is 0 Å². The van der Waals surface area contributed by atoms with E-state index in [0.29, 0.717) is 42.1 Å². The first-order chi connectivity index (χ1) is 13.7. The Hall–Kier alpha value is -1.84. The summed E-state index contributed by atoms with van der Waals surface area (Å²) >= 11 is 0. The van der Waals surface area contributed by atoms with Gasteiger partial charge in [0.15, 0.2) is 11.5 Å². The molecule has 0 aromatic heterocycles. The molecule has 0 N–H and O–H groups in total. The first-order valence-electron chi connectivity index (χ1n) is 11.2. The summed E-state index contributed by atoms with van der Waals surface area (Å²) in [6, 6.07) is 5.54. The average molecular weight is 405 g/mol. The lowest BCUT2D eigenvalue weighted by molar-refractivity contribution is -0.137. The van der Waals surface area contributed by atoms with E-state index >= 15 is 0 Å². The third kappa shape index (κ3) is 11.1. The Bertz CT molecular complexity index is 632. The summed E-state index contributed by atoms with van der Waals surface area (Å²) in [6.07, 6.45) is 6.08. The zero-order chi connectivity index (χ0) is 21.8. The lowest BCUT2D eigenvalue weighted by atomic mass is 10.0. The van der Waals surface area contributed by atoms with Gasteiger partial charge < -0.3 is 9.47 Å². The number of esters is 2. The molecule has 4 nitrogen and oxygen atoms in total. The molecule has 0 heterocycles. The van der Waals surface area contributed by atoms with Gasteiger partial charge in [0.25, 0.3) is 0 Å². The van der Waals surface area contributed by atoms with Crippen LogP contribution in [-0.2, 0) is 16.0 Å². The Morgan fingerprint density at radius 3 is 1.79 bits per heavy atom. The molecule has 0 aliphatic heterocycles. The zero-order valence-electron chi connectivity index (χ0n) is 19.3. The van der Waals surface area contributed by atoms with Gasteiger partial charge in [0, 0.05) is 12.8 Å². The average Bonchev–Trinajstić information content (AvgIpc) is 2.61. The predicted molar refractivity (Wildman–Crippen MR) is 118 cm³/mol. The van der Waals surface area contributed by atoms with E-state index in [1.165, 1.54) is 0 Å². The van der Waals surface area contributed by atoms with E-state index in [1.807, 2.05) is 12.1 Å². The molecule has 1 aromatic carbocycles. The van der Waals surface area contributed by atoms with Gasteiger partial charge in [0.2, 0.25) is 0 Å². The molecule has 164 valence electrons. The van der Waals surface area contributed by atoms with E-state index in [0.717, 1.165) is 44.1 Å². The number of ether oxygens (including phenoxy) is 2. The van der Waals surface area contributed by atoms with Crippen LogP contribution in [0.15, 0.2) is 18.2 Å². The molecule has 1 aromatic rings. The zero-order valence-corrected chi connectivity index (χ0v) is 19.3. The Kier molecular flexibility index (Phi) is 11.6. The van der Waals surface area contributed by atoms with Crippen molar-refractivity contribution in [2.24, 2.45) is 17.8 Å². The van der Waals surface area contributed by atoms with Crippen molar-refractivity contribution in [3.05, 3.63) is 23.8 Å². The van der Waals surface area contributed by atoms with Gasteiger partial charge >= 0.3 is 11.9 Å². The quantitative estimate of drug-likeness (QED) is 0.270. The molecule has 4 heteroatoms. The Labute approximate surface area is 177 Å². The van der Waals surface area contributed by atoms with Crippen LogP contribution >= 0.6 is 0 Å². The Morgan fingerprint density at radius 2 is 1.28 bits per heavy atom. The van der Waals surface area contributed by atoms with Crippen molar-refractivity contribution in [2.45, 2.75) is 92.9 Å². The van der Waals surface area contributed by atoms with Gasteiger partial charge in [0.1, 0.15) is 0 Å². The monoisotopic (exact) mass is 404 g/mol. The molecule has 0 fully saturated rings. The second-order valence-corrected chi connectivity index (χ2v) is 9.20. The molecule has 0 unspecified atom stereocenters. The second-order valence-electron chi connectivity index (χ2n) is 9.20. The van der Waals surface area contributed by atoms with Gasteiger partial charge in [-0.2, -0.15) is 0 Å². The SMILES string of the molecule is CC(C)CCCC(=O)Oc1cccc(CCC(C)C)c1OC(=O)CCCC(C)C. The van der Waals surface area contributed by atoms with E-state index in [9.17, 15) is 9.59 Å². The van der Waals surface area contributed by atoms with Crippen LogP contribution in [-0.4, -0.2) is 11.9 Å². The van der Waals surface area contributed by atoms with Crippen LogP contribution in [0.5, 0.6) is 11.5 Å². The van der Waals surface area contributed by atoms with E-state index in [2.05, 4.69) is 41.5 Å². The van der Waals surface area contributed by atoms with Crippen molar-refractivity contribution < 1.29 is 19.1 Å². The lowest BCUT2D eigenvalue weighted by Gasteiger charge is -2.16. The molecule has 0 amide bonds. The lowest BCUT2D eigenvalue weighted by Crippen LogP contribution is -2.14. The summed E-state index contributed by atoms with van der Waals surface area (Å²) in [5, 5.41) is 0. The van der Waals surface area contributed by atoms with Crippen LogP contribution < -0.4 is 9.47 Å². The van der Waals surface area contributed by atoms with Crippen molar-refractivity contribution in [1.29, 1.82) is 0 Å². The van der Waals surface area contributed by atoms with Crippen molar-refractivity contribution in [1.82, 2.24) is 0 Å². The fourth-order valence-corrected chi connectivity index (χ4v) is 3.05. The molecular weight excluding hydrogens is 364 g/mol. The van der Waals surface area contributed by atoms with E-state index in [1.54, 1.807) is 6.07 Å². The highest BCUT2D eigenvalue weighted by molar-refractivity contribution is 5.76. The first kappa shape index (κ1) is 25.2. The maximum Gasteiger partial charge on any atom is 0.311 e. The number of hydrogen-bond acceptors (Lipinski definition) is 4. The van der Waals surface area contributed by atoms with Crippen LogP contribution in [0.1, 0.15) is 92.1 Å². The topological polar surface area (TPSA) is 52.6 Å². The molecule has 0 spiro atoms. The Balaban J connectivity index is 2.88. The largest absolute Gasteiger partial charge is 0.423 e. The van der Waals surface area contributed by atoms with Crippen LogP contribution in [0, 0.1) is 17.8 Å². The summed E-state index contributed by atoms with van der Waals surface area (Å²) in [4.78, 5) is 24.7. The highest BCUT2D eigenvalue weighted by atomic mass is 16.6. The minimum Gasteiger partial charge on any atom is -0.423 e. The van der Waals surface area contributed by atoms with Crippen LogP contribution in [0.25, 0.3) is 0 Å². The number of para-hydroxylation sites is 1. The molecular formula is C25H40O4. The van der Waals surface area contributed by atoms with Gasteiger partial charge in [-0.25, -0.2) is 0 Å². The summed E-state index contributed by atoms with van der Waals surface area (Å²) in [5.74, 6) is 1.89. The van der Waals surface area contributed by atoms with Crippen molar-refractivity contribution in [3.63, 3.8) is 0 Å². The normalized spacial score (nSPS) is 11.3. The molecule has 0 saturated carbocycles. The molecule has 0 aliphatic rings. The van der Waals surface area contributed by atoms with Crippen molar-refractivity contribution in [3.8, 4) is 11.5 Å². The van der Waals surface area contributed by atoms with Crippen molar-refractivity contribution >= 4 is 11.9 Å². The number of carbonyl (C=O) groups is 2. The van der Waals surface area contributed by atoms with E-state index in [4.69, 9.17) is 9.47 Å². The standard InChI is InChI=1S/C25H40O4/c1-18(2)10-7-14-23(26)28-22-13-9-12-21(17-16-20(5)6)25(22)29-24(27)15-8-11-19(3)4/h9,12-13,18-20H,7-8,10-11,14-17H2,1-6H3. The second kappa shape index (κ2) is 13.4. The van der Waals surface area contributed by atoms with Gasteiger partial charge in [-0.1, -0.05) is 66.5 Å². The number of carbonyl (C=O) groups excluding carboxylic acids is 2. The summed E-state index contributed by atoms with van der Waals surface area (Å²) in [7, 11) is 0. The molecule has 0 atom stereocenters. The highest BCUT2D eigenvalue weighted by Gasteiger charge is 2.18. The third-order valence-electron chi connectivity index (χ3n) is 4.82. The molecule has 1 rings (SSSR count). The first-order valence-corrected chi connectivity index (χ1v) is 11.2. The number of rotatable bonds is 13. The smallest absolute Gasteiger partial charge is 0.311 e. The van der Waals surface area contributed by atoms with Crippen LogP contribution in [0.4, 0.5) is 0 Å². The molecule has 29 heavy (non-hydrogen) atoms. The van der Waals surface area contributed by atoms with Crippen LogP contribution in [0.2, 0.25) is 0 Å². The minimum atomic E-state index is -0.274. The number of benzene rings is 1. The Morgan fingerprint density at radius 1 is 0.759 bits per heavy atom. The van der Waals surface area contributed by atoms with Gasteiger partial charge in [0.05, 0.1) is 0 Å². The van der Waals surface area contributed by atoms with E-state index in [-0.39, 0.29) is 11.9 Å². The molecule has 0 radical (unpaired) electrons. The molecule has 0 saturated heterocycles. The predicted octanol–water partition coefficient (Wildman–Crippen LogP) is 6.74. The van der Waals surface area contributed by atoms with Crippen molar-refractivity contribution in [2.75, 3.05) is 0 Å². The highest BCUT2D eigenvalue weighted by Crippen LogP contribution is 2.34. The minimum absolute atomic E-state index is 0.264. The summed E-state index contributed by atoms with van der Waals surface area (Å²) in [5.41, 5.74) is 0.920. The maximum atomic E-state index is 12.4. The van der Waals surface area contributed by atoms with Gasteiger partial charge in [-0.15, -0.1) is 0 Å². The number of hydrogen-bond donors (Lipinski definition) is 0. The van der Waals surface area contributed by atoms with Gasteiger partial charge in [-0.05, 0) is 55.1 Å². The summed E-state index contributed by atoms with van der Waals surface area (Å²) in [6.45, 7) is 12.9. The summed E-state index contributed by atoms with van der Waals surface area (Å²) < 4.78 is 11.3. The molecule has 0 aliphatic carbocycles. The third-order valence-corrected chi connectivity index (χ3v) is 4.82. The van der Waals surface area contributed by atoms with Crippen LogP contribution in [0.3, 0.4) is 0 Å². The van der Waals surface area contributed by atoms with Gasteiger partial charge in [-0.3, -0.25) is 9.59 Å². The fraction of sp³-hybridized carbons (Fsp3) is 0.680. The maximum absolute atomic E-state index is 12.4. The fourth-order valence-electron chi connectivity index (χ4n) is 3.05. The molecule has 0 bridgehead atoms. The number of aryl methyl sites for hydroxylation is 1.